The van der Waals surface area contributed by atoms with Gasteiger partial charge in [0, 0.05) is 11.9 Å². The van der Waals surface area contributed by atoms with Crippen molar-refractivity contribution < 1.29 is 31.5 Å². The zero-order valence-electron chi connectivity index (χ0n) is 16.5. The van der Waals surface area contributed by atoms with Gasteiger partial charge in [0.15, 0.2) is 11.6 Å². The summed E-state index contributed by atoms with van der Waals surface area (Å²) in [5, 5.41) is 2.40. The number of halogens is 5. The fourth-order valence-electron chi connectivity index (χ4n) is 3.44. The van der Waals surface area contributed by atoms with Crippen LogP contribution in [0.2, 0.25) is 0 Å². The van der Waals surface area contributed by atoms with Gasteiger partial charge in [-0.15, -0.1) is 0 Å². The molecule has 0 radical (unpaired) electrons. The quantitative estimate of drug-likeness (QED) is 0.382. The van der Waals surface area contributed by atoms with E-state index in [2.05, 4.69) is 5.32 Å². The van der Waals surface area contributed by atoms with Crippen molar-refractivity contribution >= 4 is 17.1 Å². The summed E-state index contributed by atoms with van der Waals surface area (Å²) < 4.78 is 74.9. The van der Waals surface area contributed by atoms with E-state index in [1.165, 1.54) is 48.0 Å². The van der Waals surface area contributed by atoms with Crippen LogP contribution in [0.25, 0.3) is 16.8 Å². The Bertz CT molecular complexity index is 1310. The summed E-state index contributed by atoms with van der Waals surface area (Å²) in [7, 11) is 1.37. The minimum absolute atomic E-state index is 0.0968. The summed E-state index contributed by atoms with van der Waals surface area (Å²) in [4.78, 5) is 12.2. The van der Waals surface area contributed by atoms with E-state index >= 15 is 0 Å². The number of benzene rings is 2. The summed E-state index contributed by atoms with van der Waals surface area (Å²) in [5.41, 5.74) is -0.745. The van der Waals surface area contributed by atoms with Crippen LogP contribution in [0, 0.1) is 11.6 Å². The lowest BCUT2D eigenvalue weighted by Gasteiger charge is -2.12. The molecule has 0 aliphatic heterocycles. The van der Waals surface area contributed by atoms with Crippen LogP contribution in [0.5, 0.6) is 5.75 Å². The van der Waals surface area contributed by atoms with Gasteiger partial charge >= 0.3 is 6.18 Å². The van der Waals surface area contributed by atoms with Crippen LogP contribution >= 0.6 is 0 Å². The molecule has 2 aromatic carbocycles. The maximum absolute atomic E-state index is 13.8. The van der Waals surface area contributed by atoms with E-state index in [4.69, 9.17) is 4.74 Å². The molecule has 1 N–H and O–H groups in total. The Kier molecular flexibility index (Phi) is 5.33. The van der Waals surface area contributed by atoms with E-state index in [9.17, 15) is 26.7 Å². The standard InChI is InChI=1S/C23H15F5N2O2/c1-32-19-6-3-11-30-18(19)12-16(23(26,27)28)21(30)13-7-9-14(10-8-13)29-22(31)15-4-2-5-17(24)20(15)25/h2-12H,1H3,(H,29,31). The topological polar surface area (TPSA) is 42.7 Å². The summed E-state index contributed by atoms with van der Waals surface area (Å²) >= 11 is 0. The number of ether oxygens (including phenoxy) is 1. The third-order valence-electron chi connectivity index (χ3n) is 4.91. The Morgan fingerprint density at radius 2 is 1.72 bits per heavy atom. The monoisotopic (exact) mass is 446 g/mol. The van der Waals surface area contributed by atoms with Gasteiger partial charge in [-0.2, -0.15) is 13.2 Å². The van der Waals surface area contributed by atoms with Crippen LogP contribution in [0.4, 0.5) is 27.6 Å². The Morgan fingerprint density at radius 3 is 2.38 bits per heavy atom. The van der Waals surface area contributed by atoms with Crippen molar-refractivity contribution in [3.05, 3.63) is 89.6 Å². The number of fused-ring (bicyclic) bond motifs is 1. The first-order valence-electron chi connectivity index (χ1n) is 9.31. The average molecular weight is 446 g/mol. The number of hydrogen-bond acceptors (Lipinski definition) is 2. The lowest BCUT2D eigenvalue weighted by atomic mass is 10.1. The number of rotatable bonds is 4. The zero-order chi connectivity index (χ0) is 23.0. The lowest BCUT2D eigenvalue weighted by Crippen LogP contribution is -2.14. The van der Waals surface area contributed by atoms with Crippen molar-refractivity contribution in [2.45, 2.75) is 6.18 Å². The molecule has 0 unspecified atom stereocenters. The molecular weight excluding hydrogens is 431 g/mol. The number of nitrogens with zero attached hydrogens (tertiary/aromatic N) is 1. The van der Waals surface area contributed by atoms with Gasteiger partial charge < -0.3 is 14.5 Å². The van der Waals surface area contributed by atoms with Crippen molar-refractivity contribution in [1.82, 2.24) is 4.40 Å². The summed E-state index contributed by atoms with van der Waals surface area (Å²) in [5.74, 6) is -3.05. The maximum Gasteiger partial charge on any atom is 0.418 e. The number of methoxy groups -OCH3 is 1. The first-order chi connectivity index (χ1) is 15.2. The Balaban J connectivity index is 1.72. The molecule has 4 nitrogen and oxygen atoms in total. The van der Waals surface area contributed by atoms with Gasteiger partial charge in [-0.1, -0.05) is 18.2 Å². The number of alkyl halides is 3. The Labute approximate surface area is 178 Å². The highest BCUT2D eigenvalue weighted by Crippen LogP contribution is 2.41. The highest BCUT2D eigenvalue weighted by Gasteiger charge is 2.36. The first-order valence-corrected chi connectivity index (χ1v) is 9.31. The average Bonchev–Trinajstić information content (AvgIpc) is 3.16. The zero-order valence-corrected chi connectivity index (χ0v) is 16.5. The van der Waals surface area contributed by atoms with E-state index in [0.29, 0.717) is 0 Å². The fourth-order valence-corrected chi connectivity index (χ4v) is 3.44. The SMILES string of the molecule is COc1cccn2c(-c3ccc(NC(=O)c4cccc(F)c4F)cc3)c(C(F)(F)F)cc12. The number of carbonyl (C=O) groups is 1. The molecule has 4 rings (SSSR count). The molecule has 0 atom stereocenters. The molecule has 0 fully saturated rings. The number of anilines is 1. The summed E-state index contributed by atoms with van der Waals surface area (Å²) in [6.07, 6.45) is -3.13. The maximum atomic E-state index is 13.8. The Morgan fingerprint density at radius 1 is 1.00 bits per heavy atom. The number of hydrogen-bond donors (Lipinski definition) is 1. The minimum atomic E-state index is -4.62. The molecule has 0 bridgehead atoms. The van der Waals surface area contributed by atoms with E-state index in [0.717, 1.165) is 18.2 Å². The number of nitrogens with one attached hydrogen (secondary N) is 1. The summed E-state index contributed by atoms with van der Waals surface area (Å²) in [6.45, 7) is 0. The van der Waals surface area contributed by atoms with E-state index in [1.807, 2.05) is 0 Å². The Hall–Kier alpha value is -3.88. The lowest BCUT2D eigenvalue weighted by molar-refractivity contribution is -0.137. The van der Waals surface area contributed by atoms with Gasteiger partial charge in [-0.25, -0.2) is 8.78 Å². The molecule has 0 aliphatic rings. The molecule has 164 valence electrons. The molecule has 32 heavy (non-hydrogen) atoms. The molecule has 2 aromatic heterocycles. The molecular formula is C23H15F5N2O2. The number of aromatic nitrogens is 1. The summed E-state index contributed by atoms with van der Waals surface area (Å²) in [6, 6.07) is 12.9. The molecule has 2 heterocycles. The van der Waals surface area contributed by atoms with Crippen LogP contribution in [-0.4, -0.2) is 17.4 Å². The van der Waals surface area contributed by atoms with Gasteiger partial charge in [-0.3, -0.25) is 4.79 Å². The molecule has 0 saturated carbocycles. The molecule has 0 aliphatic carbocycles. The van der Waals surface area contributed by atoms with Gasteiger partial charge in [0.1, 0.15) is 5.75 Å². The van der Waals surface area contributed by atoms with Crippen LogP contribution in [0.15, 0.2) is 66.9 Å². The largest absolute Gasteiger partial charge is 0.495 e. The highest BCUT2D eigenvalue weighted by molar-refractivity contribution is 6.04. The van der Waals surface area contributed by atoms with E-state index in [-0.39, 0.29) is 28.2 Å². The van der Waals surface area contributed by atoms with Crippen molar-refractivity contribution in [3.63, 3.8) is 0 Å². The van der Waals surface area contributed by atoms with Gasteiger partial charge in [0.25, 0.3) is 5.91 Å². The molecule has 4 aromatic rings. The number of pyridine rings is 1. The van der Waals surface area contributed by atoms with Crippen molar-refractivity contribution in [3.8, 4) is 17.0 Å². The van der Waals surface area contributed by atoms with Crippen molar-refractivity contribution in [1.29, 1.82) is 0 Å². The second kappa shape index (κ2) is 7.99. The molecule has 1 amide bonds. The second-order valence-electron chi connectivity index (χ2n) is 6.87. The van der Waals surface area contributed by atoms with E-state index in [1.54, 1.807) is 12.1 Å². The minimum Gasteiger partial charge on any atom is -0.495 e. The normalized spacial score (nSPS) is 11.6. The van der Waals surface area contributed by atoms with Gasteiger partial charge in [0.2, 0.25) is 0 Å². The molecule has 9 heteroatoms. The number of carbonyl (C=O) groups excluding carboxylic acids is 1. The predicted molar refractivity (Wildman–Crippen MR) is 109 cm³/mol. The van der Waals surface area contributed by atoms with Crippen LogP contribution in [0.3, 0.4) is 0 Å². The number of amides is 1. The fraction of sp³-hybridized carbons (Fsp3) is 0.0870. The second-order valence-corrected chi connectivity index (χ2v) is 6.87. The highest BCUT2D eigenvalue weighted by atomic mass is 19.4. The smallest absolute Gasteiger partial charge is 0.418 e. The third kappa shape index (κ3) is 3.77. The molecule has 0 spiro atoms. The van der Waals surface area contributed by atoms with Crippen LogP contribution in [0.1, 0.15) is 15.9 Å². The first kappa shape index (κ1) is 21.4. The predicted octanol–water partition coefficient (Wildman–Crippen LogP) is 6.16. The van der Waals surface area contributed by atoms with E-state index < -0.39 is 34.8 Å². The van der Waals surface area contributed by atoms with Crippen molar-refractivity contribution in [2.75, 3.05) is 12.4 Å². The van der Waals surface area contributed by atoms with Crippen LogP contribution < -0.4 is 10.1 Å². The van der Waals surface area contributed by atoms with Crippen LogP contribution in [-0.2, 0) is 6.18 Å². The van der Waals surface area contributed by atoms with Gasteiger partial charge in [-0.05, 0) is 48.0 Å². The van der Waals surface area contributed by atoms with Gasteiger partial charge in [0.05, 0.1) is 29.4 Å². The van der Waals surface area contributed by atoms with Crippen molar-refractivity contribution in [2.24, 2.45) is 0 Å². The third-order valence-corrected chi connectivity index (χ3v) is 4.91. The molecule has 0 saturated heterocycles.